The Morgan fingerprint density at radius 2 is 2.31 bits per heavy atom. The average Bonchev–Trinajstić information content (AvgIpc) is 2.71. The first-order valence-corrected chi connectivity index (χ1v) is 5.93. The third-order valence-corrected chi connectivity index (χ3v) is 3.83. The van der Waals surface area contributed by atoms with E-state index in [4.69, 9.17) is 4.52 Å². The molecule has 0 saturated heterocycles. The number of aromatic nitrogens is 1. The molecule has 3 heteroatoms. The van der Waals surface area contributed by atoms with Crippen molar-refractivity contribution in [3.63, 3.8) is 0 Å². The summed E-state index contributed by atoms with van der Waals surface area (Å²) in [6.07, 6.45) is 5.59. The molecule has 0 radical (unpaired) electrons. The summed E-state index contributed by atoms with van der Waals surface area (Å²) in [6, 6.07) is 2.03. The molecule has 0 bridgehead atoms. The standard InChI is InChI=1S/C10H15NOS/c1-8-6-9(12-11-8)7-13-10-4-2-3-5-10/h6,10H,2-5,7H2,1H3. The van der Waals surface area contributed by atoms with Crippen molar-refractivity contribution in [2.45, 2.75) is 43.6 Å². The number of hydrogen-bond donors (Lipinski definition) is 0. The Hall–Kier alpha value is -0.440. The van der Waals surface area contributed by atoms with Crippen molar-refractivity contribution < 1.29 is 4.52 Å². The molecule has 0 aliphatic heterocycles. The van der Waals surface area contributed by atoms with Crippen LogP contribution in [0.1, 0.15) is 37.1 Å². The van der Waals surface area contributed by atoms with E-state index in [1.807, 2.05) is 24.8 Å². The van der Waals surface area contributed by atoms with Crippen molar-refractivity contribution in [1.29, 1.82) is 0 Å². The van der Waals surface area contributed by atoms with E-state index in [0.29, 0.717) is 0 Å². The van der Waals surface area contributed by atoms with Gasteiger partial charge in [0.25, 0.3) is 0 Å². The van der Waals surface area contributed by atoms with Crippen molar-refractivity contribution in [3.05, 3.63) is 17.5 Å². The normalized spacial score (nSPS) is 18.2. The molecule has 1 heterocycles. The van der Waals surface area contributed by atoms with Crippen LogP contribution >= 0.6 is 11.8 Å². The van der Waals surface area contributed by atoms with Crippen LogP contribution in [0.4, 0.5) is 0 Å². The topological polar surface area (TPSA) is 26.0 Å². The third kappa shape index (κ3) is 2.50. The lowest BCUT2D eigenvalue weighted by Gasteiger charge is -2.05. The second kappa shape index (κ2) is 4.18. The highest BCUT2D eigenvalue weighted by molar-refractivity contribution is 7.99. The van der Waals surface area contributed by atoms with Gasteiger partial charge in [-0.2, -0.15) is 11.8 Å². The van der Waals surface area contributed by atoms with Crippen LogP contribution < -0.4 is 0 Å². The zero-order valence-corrected chi connectivity index (χ0v) is 8.77. The highest BCUT2D eigenvalue weighted by Gasteiger charge is 2.15. The molecule has 2 nitrogen and oxygen atoms in total. The highest BCUT2D eigenvalue weighted by Crippen LogP contribution is 2.31. The summed E-state index contributed by atoms with van der Waals surface area (Å²) >= 11 is 2.02. The summed E-state index contributed by atoms with van der Waals surface area (Å²) in [5.74, 6) is 2.01. The molecule has 1 fully saturated rings. The molecule has 1 aliphatic rings. The molecule has 0 aromatic carbocycles. The van der Waals surface area contributed by atoms with Crippen LogP contribution in [-0.4, -0.2) is 10.4 Å². The maximum atomic E-state index is 5.15. The fourth-order valence-corrected chi connectivity index (χ4v) is 2.94. The molecule has 0 N–H and O–H groups in total. The van der Waals surface area contributed by atoms with Crippen molar-refractivity contribution in [1.82, 2.24) is 5.16 Å². The van der Waals surface area contributed by atoms with Gasteiger partial charge in [0.05, 0.1) is 11.4 Å². The summed E-state index contributed by atoms with van der Waals surface area (Å²) in [7, 11) is 0. The van der Waals surface area contributed by atoms with Crippen LogP contribution in [0.15, 0.2) is 10.6 Å². The lowest BCUT2D eigenvalue weighted by atomic mass is 10.4. The van der Waals surface area contributed by atoms with E-state index in [-0.39, 0.29) is 0 Å². The molecule has 0 amide bonds. The number of rotatable bonds is 3. The van der Waals surface area contributed by atoms with Crippen molar-refractivity contribution >= 4 is 11.8 Å². The van der Waals surface area contributed by atoms with Crippen LogP contribution in [-0.2, 0) is 5.75 Å². The molecule has 72 valence electrons. The Kier molecular flexibility index (Phi) is 2.94. The molecular formula is C10H15NOS. The second-order valence-corrected chi connectivity index (χ2v) is 4.94. The summed E-state index contributed by atoms with van der Waals surface area (Å²) in [5.41, 5.74) is 0.988. The van der Waals surface area contributed by atoms with Crippen molar-refractivity contribution in [2.75, 3.05) is 0 Å². The van der Waals surface area contributed by atoms with Crippen LogP contribution in [0.25, 0.3) is 0 Å². The predicted octanol–water partition coefficient (Wildman–Crippen LogP) is 3.16. The van der Waals surface area contributed by atoms with Gasteiger partial charge in [0.2, 0.25) is 0 Å². The Labute approximate surface area is 83.1 Å². The lowest BCUT2D eigenvalue weighted by Crippen LogP contribution is -1.93. The number of thioether (sulfide) groups is 1. The predicted molar refractivity (Wildman–Crippen MR) is 54.8 cm³/mol. The van der Waals surface area contributed by atoms with Gasteiger partial charge in [-0.1, -0.05) is 18.0 Å². The first-order chi connectivity index (χ1) is 6.34. The molecule has 1 aliphatic carbocycles. The first kappa shape index (κ1) is 9.13. The summed E-state index contributed by atoms with van der Waals surface area (Å²) in [6.45, 7) is 1.97. The van der Waals surface area contributed by atoms with E-state index in [2.05, 4.69) is 5.16 Å². The van der Waals surface area contributed by atoms with Gasteiger partial charge in [0.15, 0.2) is 0 Å². The van der Waals surface area contributed by atoms with E-state index in [1.54, 1.807) is 0 Å². The fraction of sp³-hybridized carbons (Fsp3) is 0.700. The molecule has 13 heavy (non-hydrogen) atoms. The lowest BCUT2D eigenvalue weighted by molar-refractivity contribution is 0.391. The van der Waals surface area contributed by atoms with E-state index in [1.165, 1.54) is 25.7 Å². The maximum Gasteiger partial charge on any atom is 0.146 e. The molecule has 0 atom stereocenters. The van der Waals surface area contributed by atoms with Gasteiger partial charge in [0, 0.05) is 11.3 Å². The molecule has 1 aromatic heterocycles. The van der Waals surface area contributed by atoms with Crippen molar-refractivity contribution in [3.8, 4) is 0 Å². The molecule has 0 unspecified atom stereocenters. The molecular weight excluding hydrogens is 182 g/mol. The Morgan fingerprint density at radius 1 is 1.54 bits per heavy atom. The minimum Gasteiger partial charge on any atom is -0.360 e. The van der Waals surface area contributed by atoms with Gasteiger partial charge in [-0.3, -0.25) is 0 Å². The monoisotopic (exact) mass is 197 g/mol. The SMILES string of the molecule is Cc1cc(CSC2CCCC2)on1. The van der Waals surface area contributed by atoms with E-state index < -0.39 is 0 Å². The molecule has 0 spiro atoms. The zero-order valence-electron chi connectivity index (χ0n) is 7.95. The Morgan fingerprint density at radius 3 is 2.92 bits per heavy atom. The van der Waals surface area contributed by atoms with Gasteiger partial charge in [-0.15, -0.1) is 0 Å². The molecule has 1 saturated carbocycles. The third-order valence-electron chi connectivity index (χ3n) is 2.44. The van der Waals surface area contributed by atoms with Crippen molar-refractivity contribution in [2.24, 2.45) is 0 Å². The van der Waals surface area contributed by atoms with E-state index in [9.17, 15) is 0 Å². The van der Waals surface area contributed by atoms with Crippen LogP contribution in [0, 0.1) is 6.92 Å². The average molecular weight is 197 g/mol. The summed E-state index contributed by atoms with van der Waals surface area (Å²) in [4.78, 5) is 0. The number of hydrogen-bond acceptors (Lipinski definition) is 3. The Bertz CT molecular complexity index is 266. The van der Waals surface area contributed by atoms with Gasteiger partial charge in [0.1, 0.15) is 5.76 Å². The summed E-state index contributed by atoms with van der Waals surface area (Å²) in [5, 5.41) is 4.74. The molecule has 1 aromatic rings. The van der Waals surface area contributed by atoms with Gasteiger partial charge >= 0.3 is 0 Å². The van der Waals surface area contributed by atoms with E-state index in [0.717, 1.165) is 22.5 Å². The molecule has 2 rings (SSSR count). The van der Waals surface area contributed by atoms with Crippen LogP contribution in [0.5, 0.6) is 0 Å². The van der Waals surface area contributed by atoms with E-state index >= 15 is 0 Å². The van der Waals surface area contributed by atoms with Crippen LogP contribution in [0.2, 0.25) is 0 Å². The smallest absolute Gasteiger partial charge is 0.146 e. The highest BCUT2D eigenvalue weighted by atomic mass is 32.2. The fourth-order valence-electron chi connectivity index (χ4n) is 1.74. The minimum atomic E-state index is 0.866. The van der Waals surface area contributed by atoms with Crippen LogP contribution in [0.3, 0.4) is 0 Å². The first-order valence-electron chi connectivity index (χ1n) is 4.88. The van der Waals surface area contributed by atoms with Gasteiger partial charge in [-0.25, -0.2) is 0 Å². The number of aryl methyl sites for hydroxylation is 1. The van der Waals surface area contributed by atoms with Gasteiger partial charge in [-0.05, 0) is 19.8 Å². The number of nitrogens with zero attached hydrogens (tertiary/aromatic N) is 1. The second-order valence-electron chi connectivity index (χ2n) is 3.65. The van der Waals surface area contributed by atoms with Gasteiger partial charge < -0.3 is 4.52 Å². The zero-order chi connectivity index (χ0) is 9.10. The quantitative estimate of drug-likeness (QED) is 0.744. The largest absolute Gasteiger partial charge is 0.360 e. The summed E-state index contributed by atoms with van der Waals surface area (Å²) < 4.78 is 5.15. The maximum absolute atomic E-state index is 5.15. The minimum absolute atomic E-state index is 0.866. The Balaban J connectivity index is 1.78.